The minimum absolute atomic E-state index is 0.168. The van der Waals surface area contributed by atoms with E-state index >= 15 is 0 Å². The first-order valence-corrected chi connectivity index (χ1v) is 19.9. The molecule has 0 spiro atoms. The van der Waals surface area contributed by atoms with Crippen molar-refractivity contribution in [2.45, 2.75) is 148 Å². The molecule has 0 saturated heterocycles. The predicted molar refractivity (Wildman–Crippen MR) is 207 cm³/mol. The Labute approximate surface area is 311 Å². The van der Waals surface area contributed by atoms with Gasteiger partial charge in [-0.1, -0.05) is 128 Å². The standard InChI is InChI=1S/C45H63F3O4/c1-5-6-7-8-9-13-16-19-32-51-44(49)43(33-35(2)3)41-30-29-40(52-39-27-25-38(50-4)26-28-39)34-42(41)37-23-21-36(22-24-37)20-17-14-11-10-12-15-18-31-45(46,47)48/h21-30,34-35,43H,5-20,31-33H2,1-4H3. The smallest absolute Gasteiger partial charge is 0.389 e. The summed E-state index contributed by atoms with van der Waals surface area (Å²) in [6.07, 6.45) is 12.3. The van der Waals surface area contributed by atoms with Gasteiger partial charge < -0.3 is 14.2 Å². The molecule has 3 aromatic rings. The maximum absolute atomic E-state index is 13.7. The van der Waals surface area contributed by atoms with Crippen LogP contribution >= 0.6 is 0 Å². The molecule has 0 bridgehead atoms. The number of carbonyl (C=O) groups is 1. The topological polar surface area (TPSA) is 44.8 Å². The zero-order chi connectivity index (χ0) is 37.6. The molecular formula is C45H63F3O4. The van der Waals surface area contributed by atoms with Gasteiger partial charge in [0.25, 0.3) is 0 Å². The van der Waals surface area contributed by atoms with Crippen LogP contribution in [-0.4, -0.2) is 25.9 Å². The van der Waals surface area contributed by atoms with Crippen LogP contribution in [0.25, 0.3) is 11.1 Å². The number of methoxy groups -OCH3 is 1. The summed E-state index contributed by atoms with van der Waals surface area (Å²) in [5, 5.41) is 0. The average molecular weight is 725 g/mol. The van der Waals surface area contributed by atoms with Crippen LogP contribution in [0.2, 0.25) is 0 Å². The van der Waals surface area contributed by atoms with E-state index in [9.17, 15) is 18.0 Å². The van der Waals surface area contributed by atoms with Crippen LogP contribution in [0.15, 0.2) is 66.7 Å². The minimum atomic E-state index is -4.04. The number of esters is 1. The number of rotatable bonds is 26. The maximum Gasteiger partial charge on any atom is 0.389 e. The molecule has 0 N–H and O–H groups in total. The molecule has 4 nitrogen and oxygen atoms in total. The Kier molecular flexibility index (Phi) is 19.8. The Hall–Kier alpha value is -3.48. The fraction of sp³-hybridized carbons (Fsp3) is 0.578. The van der Waals surface area contributed by atoms with E-state index in [-0.39, 0.29) is 12.4 Å². The monoisotopic (exact) mass is 724 g/mol. The molecular weight excluding hydrogens is 661 g/mol. The quantitative estimate of drug-likeness (QED) is 0.0611. The number of aryl methyl sites for hydroxylation is 1. The number of carbonyl (C=O) groups excluding carboxylic acids is 1. The molecule has 0 saturated carbocycles. The SMILES string of the molecule is CCCCCCCCCCOC(=O)C(CC(C)C)c1ccc(Oc2ccc(OC)cc2)cc1-c1ccc(CCCCCCCCCC(F)(F)F)cc1. The van der Waals surface area contributed by atoms with Gasteiger partial charge in [0.15, 0.2) is 0 Å². The van der Waals surface area contributed by atoms with Crippen molar-refractivity contribution < 1.29 is 32.2 Å². The summed E-state index contributed by atoms with van der Waals surface area (Å²) in [5.74, 6) is 1.86. The van der Waals surface area contributed by atoms with Gasteiger partial charge in [0.1, 0.15) is 17.2 Å². The summed E-state index contributed by atoms with van der Waals surface area (Å²) in [7, 11) is 1.64. The summed E-state index contributed by atoms with van der Waals surface area (Å²) in [5.41, 5.74) is 4.16. The van der Waals surface area contributed by atoms with Gasteiger partial charge in [0.05, 0.1) is 19.6 Å². The predicted octanol–water partition coefficient (Wildman–Crippen LogP) is 14.2. The largest absolute Gasteiger partial charge is 0.497 e. The Morgan fingerprint density at radius 2 is 1.23 bits per heavy atom. The minimum Gasteiger partial charge on any atom is -0.497 e. The number of alkyl halides is 3. The highest BCUT2D eigenvalue weighted by molar-refractivity contribution is 5.83. The second kappa shape index (κ2) is 24.0. The van der Waals surface area contributed by atoms with Crippen LogP contribution in [0.1, 0.15) is 147 Å². The molecule has 0 amide bonds. The number of unbranched alkanes of at least 4 members (excludes halogenated alkanes) is 13. The highest BCUT2D eigenvalue weighted by Crippen LogP contribution is 2.38. The van der Waals surface area contributed by atoms with E-state index in [1.807, 2.05) is 42.5 Å². The van der Waals surface area contributed by atoms with E-state index in [1.165, 1.54) is 44.1 Å². The Morgan fingerprint density at radius 3 is 1.83 bits per heavy atom. The van der Waals surface area contributed by atoms with Gasteiger partial charge in [-0.15, -0.1) is 0 Å². The van der Waals surface area contributed by atoms with E-state index in [0.717, 1.165) is 73.8 Å². The van der Waals surface area contributed by atoms with Crippen LogP contribution in [0, 0.1) is 5.92 Å². The average Bonchev–Trinajstić information content (AvgIpc) is 3.12. The molecule has 1 unspecified atom stereocenters. The van der Waals surface area contributed by atoms with Crippen LogP contribution < -0.4 is 9.47 Å². The molecule has 288 valence electrons. The van der Waals surface area contributed by atoms with E-state index in [0.29, 0.717) is 36.9 Å². The Morgan fingerprint density at radius 1 is 0.673 bits per heavy atom. The highest BCUT2D eigenvalue weighted by atomic mass is 19.4. The van der Waals surface area contributed by atoms with Crippen molar-refractivity contribution in [3.63, 3.8) is 0 Å². The van der Waals surface area contributed by atoms with E-state index in [4.69, 9.17) is 14.2 Å². The summed E-state index contributed by atoms with van der Waals surface area (Å²) in [6.45, 7) is 6.96. The third-order valence-electron chi connectivity index (χ3n) is 9.62. The van der Waals surface area contributed by atoms with Crippen LogP contribution in [0.5, 0.6) is 17.2 Å². The lowest BCUT2D eigenvalue weighted by Gasteiger charge is -2.22. The number of halogens is 3. The summed E-state index contributed by atoms with van der Waals surface area (Å²) >= 11 is 0. The van der Waals surface area contributed by atoms with E-state index in [2.05, 4.69) is 45.0 Å². The van der Waals surface area contributed by atoms with Crippen LogP contribution in [0.4, 0.5) is 13.2 Å². The molecule has 3 aromatic carbocycles. The van der Waals surface area contributed by atoms with Crippen molar-refractivity contribution in [3.05, 3.63) is 77.9 Å². The van der Waals surface area contributed by atoms with Gasteiger partial charge in [0.2, 0.25) is 0 Å². The molecule has 0 fully saturated rings. The fourth-order valence-corrected chi connectivity index (χ4v) is 6.65. The number of ether oxygens (including phenoxy) is 3. The van der Waals surface area contributed by atoms with E-state index < -0.39 is 18.5 Å². The fourth-order valence-electron chi connectivity index (χ4n) is 6.65. The first-order valence-electron chi connectivity index (χ1n) is 19.9. The molecule has 1 atom stereocenters. The molecule has 0 aromatic heterocycles. The maximum atomic E-state index is 13.7. The molecule has 0 aliphatic heterocycles. The normalized spacial score (nSPS) is 12.2. The number of hydrogen-bond acceptors (Lipinski definition) is 4. The highest BCUT2D eigenvalue weighted by Gasteiger charge is 2.27. The molecule has 0 aliphatic rings. The first-order chi connectivity index (χ1) is 25.1. The van der Waals surface area contributed by atoms with Gasteiger partial charge in [-0.2, -0.15) is 13.2 Å². The van der Waals surface area contributed by atoms with Crippen molar-refractivity contribution in [1.82, 2.24) is 0 Å². The lowest BCUT2D eigenvalue weighted by Crippen LogP contribution is -2.19. The summed E-state index contributed by atoms with van der Waals surface area (Å²) in [4.78, 5) is 13.7. The van der Waals surface area contributed by atoms with Gasteiger partial charge >= 0.3 is 12.1 Å². The molecule has 0 heterocycles. The Bertz CT molecular complexity index is 1400. The third kappa shape index (κ3) is 16.9. The van der Waals surface area contributed by atoms with Crippen LogP contribution in [-0.2, 0) is 16.0 Å². The molecule has 52 heavy (non-hydrogen) atoms. The zero-order valence-electron chi connectivity index (χ0n) is 32.2. The zero-order valence-corrected chi connectivity index (χ0v) is 32.2. The molecule has 0 aliphatic carbocycles. The molecule has 3 rings (SSSR count). The van der Waals surface area contributed by atoms with Gasteiger partial charge in [-0.05, 0) is 96.7 Å². The first kappa shape index (κ1) is 42.9. The van der Waals surface area contributed by atoms with E-state index in [1.54, 1.807) is 7.11 Å². The van der Waals surface area contributed by atoms with Crippen molar-refractivity contribution in [3.8, 4) is 28.4 Å². The van der Waals surface area contributed by atoms with Crippen LogP contribution in [0.3, 0.4) is 0 Å². The lowest BCUT2D eigenvalue weighted by molar-refractivity contribution is -0.146. The third-order valence-corrected chi connectivity index (χ3v) is 9.62. The van der Waals surface area contributed by atoms with Crippen molar-refractivity contribution in [1.29, 1.82) is 0 Å². The number of hydrogen-bond donors (Lipinski definition) is 0. The molecule has 0 radical (unpaired) electrons. The summed E-state index contributed by atoms with van der Waals surface area (Å²) in [6, 6.07) is 22.0. The van der Waals surface area contributed by atoms with Gasteiger partial charge in [0, 0.05) is 6.42 Å². The molecule has 7 heteroatoms. The second-order valence-corrected chi connectivity index (χ2v) is 14.6. The lowest BCUT2D eigenvalue weighted by atomic mass is 9.85. The van der Waals surface area contributed by atoms with Gasteiger partial charge in [-0.25, -0.2) is 0 Å². The number of benzene rings is 3. The Balaban J connectivity index is 1.69. The van der Waals surface area contributed by atoms with Crippen molar-refractivity contribution in [2.75, 3.05) is 13.7 Å². The summed E-state index contributed by atoms with van der Waals surface area (Å²) < 4.78 is 54.5. The van der Waals surface area contributed by atoms with Crippen molar-refractivity contribution >= 4 is 5.97 Å². The van der Waals surface area contributed by atoms with Gasteiger partial charge in [-0.3, -0.25) is 4.79 Å². The second-order valence-electron chi connectivity index (χ2n) is 14.6. The van der Waals surface area contributed by atoms with Crippen molar-refractivity contribution in [2.24, 2.45) is 5.92 Å².